The van der Waals surface area contributed by atoms with E-state index in [-0.39, 0.29) is 11.7 Å². The van der Waals surface area contributed by atoms with Crippen LogP contribution in [0.25, 0.3) is 0 Å². The van der Waals surface area contributed by atoms with Crippen LogP contribution in [0.4, 0.5) is 0 Å². The van der Waals surface area contributed by atoms with Gasteiger partial charge in [-0.1, -0.05) is 24.4 Å². The average Bonchev–Trinajstić information content (AvgIpc) is 2.39. The van der Waals surface area contributed by atoms with Crippen molar-refractivity contribution in [1.82, 2.24) is 0 Å². The Balaban J connectivity index is 2.15. The monoisotopic (exact) mass is 251 g/mol. The van der Waals surface area contributed by atoms with Crippen LogP contribution in [0.15, 0.2) is 24.3 Å². The van der Waals surface area contributed by atoms with Crippen LogP contribution in [0.5, 0.6) is 0 Å². The Morgan fingerprint density at radius 2 is 1.88 bits per heavy atom. The fourth-order valence-electron chi connectivity index (χ4n) is 2.66. The van der Waals surface area contributed by atoms with Gasteiger partial charge >= 0.3 is 0 Å². The van der Waals surface area contributed by atoms with Gasteiger partial charge in [0.15, 0.2) is 5.78 Å². The van der Waals surface area contributed by atoms with E-state index in [0.29, 0.717) is 17.5 Å². The van der Waals surface area contributed by atoms with E-state index in [1.54, 1.807) is 12.1 Å². The average molecular weight is 252 g/mol. The van der Waals surface area contributed by atoms with E-state index < -0.39 is 0 Å². The Morgan fingerprint density at radius 1 is 1.24 bits per heavy atom. The number of benzene rings is 1. The molecule has 1 fully saturated rings. The molecule has 0 heterocycles. The minimum Gasteiger partial charge on any atom is -0.330 e. The van der Waals surface area contributed by atoms with Gasteiger partial charge in [-0.25, -0.2) is 0 Å². The lowest BCUT2D eigenvalue weighted by molar-refractivity contribution is 0.0829. The van der Waals surface area contributed by atoms with Gasteiger partial charge in [0.2, 0.25) is 0 Å². The lowest BCUT2D eigenvalue weighted by Crippen LogP contribution is -2.32. The summed E-state index contributed by atoms with van der Waals surface area (Å²) in [5.41, 5.74) is 6.52. The molecule has 0 aliphatic heterocycles. The first-order valence-electron chi connectivity index (χ1n) is 6.22. The molecule has 2 atom stereocenters. The normalized spacial score (nSPS) is 24.6. The van der Waals surface area contributed by atoms with Crippen LogP contribution in [0.1, 0.15) is 36.0 Å². The molecule has 0 aromatic heterocycles. The summed E-state index contributed by atoms with van der Waals surface area (Å²) in [4.78, 5) is 12.4. The highest BCUT2D eigenvalue weighted by molar-refractivity contribution is 6.30. The van der Waals surface area contributed by atoms with Gasteiger partial charge in [0.05, 0.1) is 0 Å². The molecule has 1 aliphatic carbocycles. The van der Waals surface area contributed by atoms with Crippen LogP contribution >= 0.6 is 11.6 Å². The lowest BCUT2D eigenvalue weighted by atomic mass is 9.75. The fraction of sp³-hybridized carbons (Fsp3) is 0.500. The van der Waals surface area contributed by atoms with Crippen LogP contribution in [0, 0.1) is 11.8 Å². The zero-order valence-electron chi connectivity index (χ0n) is 9.86. The molecule has 17 heavy (non-hydrogen) atoms. The zero-order valence-corrected chi connectivity index (χ0v) is 10.6. The van der Waals surface area contributed by atoms with Crippen molar-refractivity contribution >= 4 is 17.4 Å². The van der Waals surface area contributed by atoms with Crippen molar-refractivity contribution in [1.29, 1.82) is 0 Å². The molecule has 1 aliphatic rings. The molecule has 1 aromatic carbocycles. The number of nitrogens with two attached hydrogens (primary N) is 1. The van der Waals surface area contributed by atoms with Crippen molar-refractivity contribution in [3.05, 3.63) is 34.9 Å². The summed E-state index contributed by atoms with van der Waals surface area (Å²) in [7, 11) is 0. The molecule has 0 saturated heterocycles. The van der Waals surface area contributed by atoms with Crippen LogP contribution in [-0.4, -0.2) is 12.3 Å². The van der Waals surface area contributed by atoms with Gasteiger partial charge in [-0.2, -0.15) is 0 Å². The van der Waals surface area contributed by atoms with Crippen molar-refractivity contribution in [3.8, 4) is 0 Å². The van der Waals surface area contributed by atoms with Crippen molar-refractivity contribution in [2.75, 3.05) is 6.54 Å². The van der Waals surface area contributed by atoms with Gasteiger partial charge in [0.25, 0.3) is 0 Å². The number of hydrogen-bond donors (Lipinski definition) is 1. The molecular weight excluding hydrogens is 234 g/mol. The van der Waals surface area contributed by atoms with E-state index in [1.165, 1.54) is 6.42 Å². The third-order valence-electron chi connectivity index (χ3n) is 3.68. The third-order valence-corrected chi connectivity index (χ3v) is 3.93. The molecule has 1 saturated carbocycles. The topological polar surface area (TPSA) is 43.1 Å². The van der Waals surface area contributed by atoms with E-state index in [9.17, 15) is 4.79 Å². The Hall–Kier alpha value is -0.860. The van der Waals surface area contributed by atoms with E-state index in [0.717, 1.165) is 24.8 Å². The second-order valence-electron chi connectivity index (χ2n) is 4.76. The summed E-state index contributed by atoms with van der Waals surface area (Å²) in [6.07, 6.45) is 4.40. The predicted octanol–water partition coefficient (Wildman–Crippen LogP) is 3.29. The summed E-state index contributed by atoms with van der Waals surface area (Å²) in [6, 6.07) is 7.17. The van der Waals surface area contributed by atoms with E-state index in [4.69, 9.17) is 17.3 Å². The molecule has 1 aromatic rings. The van der Waals surface area contributed by atoms with Crippen LogP contribution in [0.3, 0.4) is 0 Å². The number of Topliss-reactive ketones (excluding diaryl/α,β-unsaturated/α-hetero) is 1. The zero-order chi connectivity index (χ0) is 12.3. The van der Waals surface area contributed by atoms with E-state index >= 15 is 0 Å². The lowest BCUT2D eigenvalue weighted by Gasteiger charge is -2.29. The van der Waals surface area contributed by atoms with Gasteiger partial charge in [-0.15, -0.1) is 0 Å². The molecule has 2 unspecified atom stereocenters. The van der Waals surface area contributed by atoms with Gasteiger partial charge < -0.3 is 5.73 Å². The molecule has 92 valence electrons. The maximum atomic E-state index is 12.4. The first kappa shape index (κ1) is 12.6. The van der Waals surface area contributed by atoms with Crippen molar-refractivity contribution in [2.45, 2.75) is 25.7 Å². The van der Waals surface area contributed by atoms with Crippen molar-refractivity contribution in [2.24, 2.45) is 17.6 Å². The molecule has 2 nitrogen and oxygen atoms in total. The third kappa shape index (κ3) is 2.88. The maximum Gasteiger partial charge on any atom is 0.166 e. The number of hydrogen-bond acceptors (Lipinski definition) is 2. The van der Waals surface area contributed by atoms with Gasteiger partial charge in [0, 0.05) is 16.5 Å². The Morgan fingerprint density at radius 3 is 2.53 bits per heavy atom. The molecule has 3 heteroatoms. The standard InChI is InChI=1S/C14H18ClNO/c15-12-7-5-10(6-8-12)14(17)13-4-2-1-3-11(13)9-16/h5-8,11,13H,1-4,9,16H2. The quantitative estimate of drug-likeness (QED) is 0.838. The van der Waals surface area contributed by atoms with Crippen LogP contribution < -0.4 is 5.73 Å². The number of rotatable bonds is 3. The summed E-state index contributed by atoms with van der Waals surface area (Å²) < 4.78 is 0. The molecule has 2 N–H and O–H groups in total. The highest BCUT2D eigenvalue weighted by Gasteiger charge is 2.30. The number of carbonyl (C=O) groups excluding carboxylic acids is 1. The Labute approximate surface area is 107 Å². The first-order valence-corrected chi connectivity index (χ1v) is 6.60. The molecule has 0 amide bonds. The first-order chi connectivity index (χ1) is 8.22. The van der Waals surface area contributed by atoms with E-state index in [2.05, 4.69) is 0 Å². The summed E-state index contributed by atoms with van der Waals surface area (Å²) in [5, 5.41) is 0.667. The van der Waals surface area contributed by atoms with Gasteiger partial charge in [-0.3, -0.25) is 4.79 Å². The molecule has 0 radical (unpaired) electrons. The summed E-state index contributed by atoms with van der Waals surface area (Å²) in [5.74, 6) is 0.693. The van der Waals surface area contributed by atoms with Gasteiger partial charge in [0.1, 0.15) is 0 Å². The minimum atomic E-state index is 0.106. The van der Waals surface area contributed by atoms with Crippen LogP contribution in [0.2, 0.25) is 5.02 Å². The molecular formula is C14H18ClNO. The summed E-state index contributed by atoms with van der Waals surface area (Å²) >= 11 is 5.83. The molecule has 0 spiro atoms. The van der Waals surface area contributed by atoms with E-state index in [1.807, 2.05) is 12.1 Å². The highest BCUT2D eigenvalue weighted by atomic mass is 35.5. The maximum absolute atomic E-state index is 12.4. The van der Waals surface area contributed by atoms with Crippen LogP contribution in [-0.2, 0) is 0 Å². The second-order valence-corrected chi connectivity index (χ2v) is 5.19. The Bertz CT molecular complexity index is 388. The van der Waals surface area contributed by atoms with Crippen molar-refractivity contribution in [3.63, 3.8) is 0 Å². The predicted molar refractivity (Wildman–Crippen MR) is 70.3 cm³/mol. The highest BCUT2D eigenvalue weighted by Crippen LogP contribution is 2.32. The fourth-order valence-corrected chi connectivity index (χ4v) is 2.79. The number of halogens is 1. The largest absolute Gasteiger partial charge is 0.330 e. The Kier molecular flexibility index (Phi) is 4.19. The van der Waals surface area contributed by atoms with Crippen molar-refractivity contribution < 1.29 is 4.79 Å². The second kappa shape index (κ2) is 5.65. The molecule has 2 rings (SSSR count). The van der Waals surface area contributed by atoms with Gasteiger partial charge in [-0.05, 0) is 49.6 Å². The smallest absolute Gasteiger partial charge is 0.166 e. The minimum absolute atomic E-state index is 0.106. The molecule has 0 bridgehead atoms. The number of carbonyl (C=O) groups is 1. The summed E-state index contributed by atoms with van der Waals surface area (Å²) in [6.45, 7) is 0.615. The SMILES string of the molecule is NCC1CCCCC1C(=O)c1ccc(Cl)cc1. The number of ketones is 1.